The predicted octanol–water partition coefficient (Wildman–Crippen LogP) is 12.1. The molecule has 0 radical (unpaired) electrons. The SMILES string of the molecule is c1ccc(-c2nc3ccccc3nc2-c2cccc(-c3ccc4c(c3)Sc3cccc5c6c7ccccc7n(-c7ccccc7)c6n-4c35)c2)cc1. The van der Waals surface area contributed by atoms with Gasteiger partial charge in [-0.15, -0.1) is 0 Å². The normalized spacial score (nSPS) is 12.2. The Labute approximate surface area is 298 Å². The number of aromatic nitrogens is 4. The van der Waals surface area contributed by atoms with E-state index >= 15 is 0 Å². The van der Waals surface area contributed by atoms with Crippen LogP contribution in [-0.2, 0) is 0 Å². The topological polar surface area (TPSA) is 35.6 Å². The maximum atomic E-state index is 5.18. The molecule has 0 N–H and O–H groups in total. The molecular weight excluding hydrogens is 641 g/mol. The summed E-state index contributed by atoms with van der Waals surface area (Å²) in [6.45, 7) is 0. The molecular formula is C46H28N4S. The van der Waals surface area contributed by atoms with E-state index in [-0.39, 0.29) is 0 Å². The zero-order valence-electron chi connectivity index (χ0n) is 27.4. The van der Waals surface area contributed by atoms with Gasteiger partial charge in [-0.2, -0.15) is 0 Å². The molecule has 0 amide bonds. The van der Waals surface area contributed by atoms with Gasteiger partial charge < -0.3 is 0 Å². The van der Waals surface area contributed by atoms with E-state index in [9.17, 15) is 0 Å². The summed E-state index contributed by atoms with van der Waals surface area (Å²) in [6.07, 6.45) is 0. The van der Waals surface area contributed by atoms with Crippen molar-refractivity contribution in [3.63, 3.8) is 0 Å². The molecule has 0 aliphatic carbocycles. The number of nitrogens with zero attached hydrogens (tertiary/aromatic N) is 4. The van der Waals surface area contributed by atoms with Gasteiger partial charge in [-0.1, -0.05) is 127 Å². The monoisotopic (exact) mass is 668 g/mol. The molecule has 11 rings (SSSR count). The summed E-state index contributed by atoms with van der Waals surface area (Å²) in [4.78, 5) is 12.8. The van der Waals surface area contributed by atoms with Gasteiger partial charge >= 0.3 is 0 Å². The molecule has 5 heteroatoms. The second-order valence-corrected chi connectivity index (χ2v) is 14.1. The third-order valence-corrected chi connectivity index (χ3v) is 11.2. The van der Waals surface area contributed by atoms with E-state index in [1.807, 2.05) is 42.1 Å². The molecule has 7 aromatic carbocycles. The molecule has 10 aromatic rings. The van der Waals surface area contributed by atoms with Crippen LogP contribution in [0.1, 0.15) is 0 Å². The zero-order chi connectivity index (χ0) is 33.5. The largest absolute Gasteiger partial charge is 0.295 e. The summed E-state index contributed by atoms with van der Waals surface area (Å²) in [6, 6.07) is 60.4. The summed E-state index contributed by atoms with van der Waals surface area (Å²) in [7, 11) is 0. The van der Waals surface area contributed by atoms with Crippen LogP contribution >= 0.6 is 11.8 Å². The van der Waals surface area contributed by atoms with Crippen LogP contribution in [0.25, 0.3) is 88.9 Å². The number of fused-ring (bicyclic) bond motifs is 8. The van der Waals surface area contributed by atoms with E-state index in [4.69, 9.17) is 9.97 Å². The van der Waals surface area contributed by atoms with Crippen molar-refractivity contribution >= 4 is 55.6 Å². The van der Waals surface area contributed by atoms with Gasteiger partial charge in [0.15, 0.2) is 0 Å². The van der Waals surface area contributed by atoms with Crippen LogP contribution < -0.4 is 0 Å². The van der Waals surface area contributed by atoms with Crippen LogP contribution in [0, 0.1) is 0 Å². The highest BCUT2D eigenvalue weighted by Gasteiger charge is 2.28. The highest BCUT2D eigenvalue weighted by molar-refractivity contribution is 7.99. The molecule has 3 aromatic heterocycles. The fourth-order valence-electron chi connectivity index (χ4n) is 7.84. The summed E-state index contributed by atoms with van der Waals surface area (Å²) >= 11 is 1.86. The Bertz CT molecular complexity index is 2990. The van der Waals surface area contributed by atoms with Crippen molar-refractivity contribution in [2.75, 3.05) is 0 Å². The maximum absolute atomic E-state index is 5.18. The molecule has 51 heavy (non-hydrogen) atoms. The van der Waals surface area contributed by atoms with E-state index < -0.39 is 0 Å². The molecule has 0 saturated heterocycles. The van der Waals surface area contributed by atoms with E-state index in [1.165, 1.54) is 53.9 Å². The fraction of sp³-hybridized carbons (Fsp3) is 0. The number of para-hydroxylation sites is 5. The molecule has 4 nitrogen and oxygen atoms in total. The molecule has 238 valence electrons. The van der Waals surface area contributed by atoms with Gasteiger partial charge in [0.25, 0.3) is 0 Å². The smallest absolute Gasteiger partial charge is 0.131 e. The first kappa shape index (κ1) is 28.4. The molecule has 0 saturated carbocycles. The van der Waals surface area contributed by atoms with Crippen LogP contribution in [0.4, 0.5) is 0 Å². The molecule has 0 fully saturated rings. The highest BCUT2D eigenvalue weighted by atomic mass is 32.2. The second-order valence-electron chi connectivity index (χ2n) is 13.0. The maximum Gasteiger partial charge on any atom is 0.131 e. The van der Waals surface area contributed by atoms with Crippen LogP contribution in [0.2, 0.25) is 0 Å². The molecule has 1 aliphatic heterocycles. The van der Waals surface area contributed by atoms with Crippen LogP contribution in [0.15, 0.2) is 180 Å². The lowest BCUT2D eigenvalue weighted by Crippen LogP contribution is -2.05. The van der Waals surface area contributed by atoms with Crippen LogP contribution in [-0.4, -0.2) is 19.1 Å². The van der Waals surface area contributed by atoms with Crippen LogP contribution in [0.3, 0.4) is 0 Å². The molecule has 0 unspecified atom stereocenters. The Hall–Kier alpha value is -6.43. The van der Waals surface area contributed by atoms with E-state index in [2.05, 4.69) is 149 Å². The third kappa shape index (κ3) is 4.28. The molecule has 1 aliphatic rings. The Morgan fingerprint density at radius 3 is 1.88 bits per heavy atom. The van der Waals surface area contributed by atoms with Crippen molar-refractivity contribution in [2.45, 2.75) is 9.79 Å². The minimum atomic E-state index is 0.883. The van der Waals surface area contributed by atoms with E-state index in [0.29, 0.717) is 0 Å². The van der Waals surface area contributed by atoms with Gasteiger partial charge in [0.05, 0.1) is 39.1 Å². The number of hydrogen-bond acceptors (Lipinski definition) is 3. The van der Waals surface area contributed by atoms with E-state index in [1.54, 1.807) is 0 Å². The lowest BCUT2D eigenvalue weighted by molar-refractivity contribution is 1.03. The third-order valence-electron chi connectivity index (χ3n) is 10.1. The van der Waals surface area contributed by atoms with Gasteiger partial charge in [0.2, 0.25) is 0 Å². The average molecular weight is 669 g/mol. The van der Waals surface area contributed by atoms with Crippen molar-refractivity contribution < 1.29 is 0 Å². The standard InChI is InChI=1S/C46H28N4S/c1-3-13-29(14-4-1)43-44(48-37-22-9-8-21-36(37)47-43)32-16-11-15-30(27-32)31-25-26-39-41(28-31)51-40-24-12-20-35-42-34-19-7-10-23-38(34)49(33-17-5-2-6-18-33)46(42)50(39)45(35)40/h1-28H. The average Bonchev–Trinajstić information content (AvgIpc) is 3.72. The van der Waals surface area contributed by atoms with Gasteiger partial charge in [-0.25, -0.2) is 9.97 Å². The van der Waals surface area contributed by atoms with Crippen LogP contribution in [0.5, 0.6) is 0 Å². The fourth-order valence-corrected chi connectivity index (χ4v) is 8.97. The predicted molar refractivity (Wildman–Crippen MR) is 211 cm³/mol. The summed E-state index contributed by atoms with van der Waals surface area (Å²) in [5.74, 6) is 0. The zero-order valence-corrected chi connectivity index (χ0v) is 28.2. The minimum Gasteiger partial charge on any atom is -0.295 e. The first-order chi connectivity index (χ1) is 25.3. The molecule has 0 atom stereocenters. The lowest BCUT2D eigenvalue weighted by Gasteiger charge is -2.22. The Balaban J connectivity index is 1.10. The van der Waals surface area contributed by atoms with Crippen molar-refractivity contribution in [2.24, 2.45) is 0 Å². The van der Waals surface area contributed by atoms with E-state index in [0.717, 1.165) is 44.8 Å². The number of benzene rings is 7. The quantitative estimate of drug-likeness (QED) is 0.187. The number of rotatable bonds is 4. The lowest BCUT2D eigenvalue weighted by atomic mass is 9.98. The Morgan fingerprint density at radius 2 is 1.06 bits per heavy atom. The summed E-state index contributed by atoms with van der Waals surface area (Å²) in [5, 5.41) is 3.85. The summed E-state index contributed by atoms with van der Waals surface area (Å²) in [5.41, 5.74) is 14.0. The first-order valence-corrected chi connectivity index (χ1v) is 18.0. The highest BCUT2D eigenvalue weighted by Crippen LogP contribution is 2.50. The molecule has 0 bridgehead atoms. The van der Waals surface area contributed by atoms with Crippen molar-refractivity contribution in [1.82, 2.24) is 19.1 Å². The van der Waals surface area contributed by atoms with Gasteiger partial charge in [0, 0.05) is 42.8 Å². The second kappa shape index (κ2) is 11.0. The Morgan fingerprint density at radius 1 is 0.431 bits per heavy atom. The van der Waals surface area contributed by atoms with Gasteiger partial charge in [-0.05, 0) is 65.7 Å². The molecule has 4 heterocycles. The first-order valence-electron chi connectivity index (χ1n) is 17.2. The molecule has 0 spiro atoms. The minimum absolute atomic E-state index is 0.883. The van der Waals surface area contributed by atoms with Gasteiger partial charge in [0.1, 0.15) is 5.65 Å². The number of hydrogen-bond donors (Lipinski definition) is 0. The Kier molecular flexibility index (Phi) is 6.15. The summed E-state index contributed by atoms with van der Waals surface area (Å²) < 4.78 is 4.93. The van der Waals surface area contributed by atoms with Crippen molar-refractivity contribution in [1.29, 1.82) is 0 Å². The van der Waals surface area contributed by atoms with Gasteiger partial charge in [-0.3, -0.25) is 9.13 Å². The van der Waals surface area contributed by atoms with Crippen molar-refractivity contribution in [3.05, 3.63) is 170 Å². The van der Waals surface area contributed by atoms with Crippen molar-refractivity contribution in [3.8, 4) is 45.0 Å².